The van der Waals surface area contributed by atoms with Gasteiger partial charge in [0.2, 0.25) is 10.0 Å². The third-order valence-corrected chi connectivity index (χ3v) is 8.29. The summed E-state index contributed by atoms with van der Waals surface area (Å²) in [6.45, 7) is 3.25. The number of aryl methyl sites for hydroxylation is 1. The Bertz CT molecular complexity index is 986. The van der Waals surface area contributed by atoms with Gasteiger partial charge in [-0.1, -0.05) is 42.5 Å². The molecule has 30 heavy (non-hydrogen) atoms. The molecular formula is C23H30N2O4S. The molecule has 2 heterocycles. The van der Waals surface area contributed by atoms with Crippen molar-refractivity contribution in [3.8, 4) is 5.75 Å². The molecular weight excluding hydrogens is 400 g/mol. The molecule has 0 aliphatic carbocycles. The summed E-state index contributed by atoms with van der Waals surface area (Å²) in [5, 5.41) is 10.6. The van der Waals surface area contributed by atoms with Gasteiger partial charge in [-0.15, -0.1) is 0 Å². The lowest BCUT2D eigenvalue weighted by molar-refractivity contribution is -0.0612. The second-order valence-corrected chi connectivity index (χ2v) is 10.3. The maximum atomic E-state index is 12.8. The summed E-state index contributed by atoms with van der Waals surface area (Å²) in [5.41, 5.74) is 9.52. The highest BCUT2D eigenvalue weighted by Crippen LogP contribution is 2.40. The number of piperidine rings is 1. The summed E-state index contributed by atoms with van der Waals surface area (Å²) in [6.07, 6.45) is 1.85. The van der Waals surface area contributed by atoms with Crippen LogP contribution in [0.25, 0.3) is 0 Å². The van der Waals surface area contributed by atoms with Crippen LogP contribution in [0.3, 0.4) is 0 Å². The lowest BCUT2D eigenvalue weighted by Gasteiger charge is -2.40. The third-order valence-electron chi connectivity index (χ3n) is 6.44. The average Bonchev–Trinajstić information content (AvgIpc) is 2.76. The summed E-state index contributed by atoms with van der Waals surface area (Å²) in [4.78, 5) is 0. The summed E-state index contributed by atoms with van der Waals surface area (Å²) in [7, 11) is -3.33. The standard InChI is InChI=1S/C23H30N2O4S/c1-16-7-8-19-20(23(16)26)13-21(29-22(19)14-24)18-9-11-25(12-10-18)30(27,28)15-17-5-3-2-4-6-17/h2-8,18,21-22,26H,9-15,24H2,1H3/t21-,22-/m0/s1. The molecule has 162 valence electrons. The van der Waals surface area contributed by atoms with Gasteiger partial charge in [0.15, 0.2) is 0 Å². The highest BCUT2D eigenvalue weighted by atomic mass is 32.2. The Balaban J connectivity index is 1.43. The molecule has 1 fully saturated rings. The van der Waals surface area contributed by atoms with Crippen molar-refractivity contribution in [3.63, 3.8) is 0 Å². The fourth-order valence-electron chi connectivity index (χ4n) is 4.68. The van der Waals surface area contributed by atoms with E-state index in [1.807, 2.05) is 49.4 Å². The first-order valence-corrected chi connectivity index (χ1v) is 12.2. The molecule has 1 saturated heterocycles. The van der Waals surface area contributed by atoms with Gasteiger partial charge in [-0.3, -0.25) is 0 Å². The molecule has 2 atom stereocenters. The van der Waals surface area contributed by atoms with E-state index in [0.29, 0.717) is 31.8 Å². The van der Waals surface area contributed by atoms with Gasteiger partial charge in [-0.25, -0.2) is 12.7 Å². The number of hydrogen-bond donors (Lipinski definition) is 2. The fraction of sp³-hybridized carbons (Fsp3) is 0.478. The molecule has 7 heteroatoms. The summed E-state index contributed by atoms with van der Waals surface area (Å²) >= 11 is 0. The van der Waals surface area contributed by atoms with Crippen molar-refractivity contribution in [2.45, 2.75) is 44.1 Å². The molecule has 6 nitrogen and oxygen atoms in total. The Labute approximate surface area is 178 Å². The van der Waals surface area contributed by atoms with Gasteiger partial charge in [-0.05, 0) is 42.4 Å². The van der Waals surface area contributed by atoms with Gasteiger partial charge in [0.25, 0.3) is 0 Å². The number of phenolic OH excluding ortho intramolecular Hbond substituents is 1. The molecule has 2 aliphatic heterocycles. The number of aromatic hydroxyl groups is 1. The van der Waals surface area contributed by atoms with E-state index in [4.69, 9.17) is 10.5 Å². The predicted octanol–water partition coefficient (Wildman–Crippen LogP) is 2.88. The Morgan fingerprint density at radius 2 is 1.83 bits per heavy atom. The number of sulfonamides is 1. The van der Waals surface area contributed by atoms with Gasteiger partial charge in [0.05, 0.1) is 18.0 Å². The largest absolute Gasteiger partial charge is 0.507 e. The number of phenols is 1. The first kappa shape index (κ1) is 21.3. The van der Waals surface area contributed by atoms with E-state index in [0.717, 1.165) is 35.1 Å². The number of fused-ring (bicyclic) bond motifs is 1. The minimum absolute atomic E-state index is 0.0359. The highest BCUT2D eigenvalue weighted by molar-refractivity contribution is 7.88. The van der Waals surface area contributed by atoms with Crippen molar-refractivity contribution >= 4 is 10.0 Å². The summed E-state index contributed by atoms with van der Waals surface area (Å²) in [5.74, 6) is 0.617. The van der Waals surface area contributed by atoms with Crippen molar-refractivity contribution in [1.29, 1.82) is 0 Å². The number of rotatable bonds is 5. The topological polar surface area (TPSA) is 92.9 Å². The lowest BCUT2D eigenvalue weighted by atomic mass is 9.83. The SMILES string of the molecule is Cc1ccc2c(c1O)C[C@@H](C1CCN(S(=O)(=O)Cc3ccccc3)CC1)O[C@H]2CN. The van der Waals surface area contributed by atoms with Crippen LogP contribution < -0.4 is 5.73 Å². The van der Waals surface area contributed by atoms with Crippen molar-refractivity contribution in [1.82, 2.24) is 4.31 Å². The van der Waals surface area contributed by atoms with E-state index < -0.39 is 10.0 Å². The van der Waals surface area contributed by atoms with Gasteiger partial charge in [-0.2, -0.15) is 0 Å². The predicted molar refractivity (Wildman–Crippen MR) is 117 cm³/mol. The van der Waals surface area contributed by atoms with Gasteiger partial charge < -0.3 is 15.6 Å². The molecule has 2 aromatic rings. The zero-order chi connectivity index (χ0) is 21.3. The Morgan fingerprint density at radius 3 is 2.50 bits per heavy atom. The molecule has 0 saturated carbocycles. The molecule has 4 rings (SSSR count). The Morgan fingerprint density at radius 1 is 1.13 bits per heavy atom. The van der Waals surface area contributed by atoms with Crippen molar-refractivity contribution < 1.29 is 18.3 Å². The van der Waals surface area contributed by atoms with E-state index in [-0.39, 0.29) is 23.9 Å². The van der Waals surface area contributed by atoms with E-state index in [9.17, 15) is 13.5 Å². The molecule has 0 radical (unpaired) electrons. The number of nitrogens with two attached hydrogens (primary N) is 1. The molecule has 3 N–H and O–H groups in total. The van der Waals surface area contributed by atoms with Crippen LogP contribution in [-0.2, 0) is 26.9 Å². The van der Waals surface area contributed by atoms with Crippen molar-refractivity contribution in [2.75, 3.05) is 19.6 Å². The molecule has 0 unspecified atom stereocenters. The molecule has 0 bridgehead atoms. The van der Waals surface area contributed by atoms with Crippen LogP contribution in [0, 0.1) is 12.8 Å². The van der Waals surface area contributed by atoms with Crippen LogP contribution in [0.4, 0.5) is 0 Å². The van der Waals surface area contributed by atoms with E-state index in [1.165, 1.54) is 0 Å². The van der Waals surface area contributed by atoms with Gasteiger partial charge in [0.1, 0.15) is 5.75 Å². The van der Waals surface area contributed by atoms with Crippen molar-refractivity contribution in [2.24, 2.45) is 11.7 Å². The van der Waals surface area contributed by atoms with Crippen LogP contribution in [0.15, 0.2) is 42.5 Å². The smallest absolute Gasteiger partial charge is 0.218 e. The number of ether oxygens (including phenoxy) is 1. The van der Waals surface area contributed by atoms with Crippen molar-refractivity contribution in [3.05, 3.63) is 64.7 Å². The van der Waals surface area contributed by atoms with Crippen LogP contribution in [0.1, 0.15) is 41.2 Å². The van der Waals surface area contributed by atoms with E-state index >= 15 is 0 Å². The second-order valence-electron chi connectivity index (χ2n) is 8.38. The quantitative estimate of drug-likeness (QED) is 0.761. The maximum Gasteiger partial charge on any atom is 0.218 e. The molecule has 0 spiro atoms. The minimum Gasteiger partial charge on any atom is -0.507 e. The molecule has 2 aromatic carbocycles. The summed E-state index contributed by atoms with van der Waals surface area (Å²) in [6, 6.07) is 13.2. The van der Waals surface area contributed by atoms with E-state index in [2.05, 4.69) is 0 Å². The zero-order valence-corrected chi connectivity index (χ0v) is 18.1. The first-order valence-electron chi connectivity index (χ1n) is 10.6. The molecule has 2 aliphatic rings. The van der Waals surface area contributed by atoms with Gasteiger partial charge >= 0.3 is 0 Å². The number of benzene rings is 2. The van der Waals surface area contributed by atoms with Crippen LogP contribution in [-0.4, -0.2) is 43.6 Å². The third kappa shape index (κ3) is 4.25. The fourth-order valence-corrected chi connectivity index (χ4v) is 6.24. The Hall–Kier alpha value is -1.93. The monoisotopic (exact) mass is 430 g/mol. The second kappa shape index (κ2) is 8.67. The minimum atomic E-state index is -3.33. The number of nitrogens with zero attached hydrogens (tertiary/aromatic N) is 1. The van der Waals surface area contributed by atoms with Gasteiger partial charge in [0, 0.05) is 31.6 Å². The lowest BCUT2D eigenvalue weighted by Crippen LogP contribution is -2.44. The van der Waals surface area contributed by atoms with Crippen LogP contribution in [0.2, 0.25) is 0 Å². The zero-order valence-electron chi connectivity index (χ0n) is 17.3. The molecule has 0 aromatic heterocycles. The first-order chi connectivity index (χ1) is 14.4. The Kier molecular flexibility index (Phi) is 6.16. The highest BCUT2D eigenvalue weighted by Gasteiger charge is 2.37. The normalized spacial score (nSPS) is 23.3. The van der Waals surface area contributed by atoms with Crippen LogP contribution in [0.5, 0.6) is 5.75 Å². The van der Waals surface area contributed by atoms with Crippen LogP contribution >= 0.6 is 0 Å². The van der Waals surface area contributed by atoms with E-state index in [1.54, 1.807) is 4.31 Å². The number of hydrogen-bond acceptors (Lipinski definition) is 5. The molecule has 0 amide bonds. The average molecular weight is 431 g/mol. The summed E-state index contributed by atoms with van der Waals surface area (Å²) < 4.78 is 33.6. The maximum absolute atomic E-state index is 12.8.